The molecule has 0 saturated carbocycles. The maximum atomic E-state index is 9.89. The molecule has 0 aliphatic rings. The van der Waals surface area contributed by atoms with Gasteiger partial charge >= 0.3 is 75.1 Å². The Morgan fingerprint density at radius 3 is 2.11 bits per heavy atom. The van der Waals surface area contributed by atoms with Crippen LogP contribution in [0.2, 0.25) is 0 Å². The SMILES string of the molecule is C[I-]C(=C[N+](=O)[O-])[I-]C. The molecule has 9 heavy (non-hydrogen) atoms. The molecule has 0 atom stereocenters. The van der Waals surface area contributed by atoms with Crippen LogP contribution in [0.3, 0.4) is 0 Å². The van der Waals surface area contributed by atoms with Crippen molar-refractivity contribution in [2.24, 2.45) is 0 Å². The van der Waals surface area contributed by atoms with E-state index in [0.717, 1.165) is 1.59 Å². The summed E-state index contributed by atoms with van der Waals surface area (Å²) in [4.78, 5) is 13.7. The molecule has 0 spiro atoms. The Kier molecular flexibility index (Phi) is 5.75. The molecule has 0 rings (SSSR count). The first kappa shape index (κ1) is 9.60. The maximum absolute atomic E-state index is 9.89. The van der Waals surface area contributed by atoms with Gasteiger partial charge in [0.05, 0.1) is 0 Å². The molecular formula is C4H7I2NO2-2. The predicted octanol–water partition coefficient (Wildman–Crippen LogP) is -5.50. The Morgan fingerprint density at radius 1 is 1.56 bits per heavy atom. The molecule has 0 heterocycles. The molecule has 0 fully saturated rings. The van der Waals surface area contributed by atoms with Crippen molar-refractivity contribution in [1.29, 1.82) is 0 Å². The van der Waals surface area contributed by atoms with Crippen molar-refractivity contribution in [3.05, 3.63) is 17.9 Å². The normalized spacial score (nSPS) is 9.56. The fraction of sp³-hybridized carbons (Fsp3) is 0.500. The molecule has 0 aliphatic heterocycles. The fourth-order valence-electron chi connectivity index (χ4n) is 0.249. The minimum absolute atomic E-state index is 0.0238. The summed E-state index contributed by atoms with van der Waals surface area (Å²) in [5.41, 5.74) is 0. The van der Waals surface area contributed by atoms with E-state index in [0.29, 0.717) is 0 Å². The van der Waals surface area contributed by atoms with Crippen LogP contribution in [0.4, 0.5) is 0 Å². The van der Waals surface area contributed by atoms with E-state index < -0.39 is 0 Å². The number of halogens is 2. The Labute approximate surface area is 74.6 Å². The number of nitro groups is 1. The van der Waals surface area contributed by atoms with Crippen molar-refractivity contribution in [2.45, 2.75) is 0 Å². The second-order valence-corrected chi connectivity index (χ2v) is 7.63. The zero-order valence-electron chi connectivity index (χ0n) is 5.10. The molecule has 0 unspecified atom stereocenters. The first-order valence-corrected chi connectivity index (χ1v) is 8.52. The number of rotatable bonds is 3. The van der Waals surface area contributed by atoms with Gasteiger partial charge in [-0.15, -0.1) is 0 Å². The molecule has 0 radical (unpaired) electrons. The average Bonchev–Trinajstić information content (AvgIpc) is 1.82. The van der Waals surface area contributed by atoms with Crippen LogP contribution in [0, 0.1) is 10.1 Å². The van der Waals surface area contributed by atoms with E-state index in [2.05, 4.69) is 9.86 Å². The monoisotopic (exact) mass is 355 g/mol. The zero-order valence-corrected chi connectivity index (χ0v) is 9.41. The molecule has 0 N–H and O–H groups in total. The summed E-state index contributed by atoms with van der Waals surface area (Å²) >= 11 is -0.0476. The summed E-state index contributed by atoms with van der Waals surface area (Å²) in [6.45, 7) is 0. The summed E-state index contributed by atoms with van der Waals surface area (Å²) in [5, 5.41) is 9.89. The van der Waals surface area contributed by atoms with E-state index in [1.54, 1.807) is 0 Å². The van der Waals surface area contributed by atoms with E-state index >= 15 is 0 Å². The molecule has 5 heteroatoms. The molecule has 0 amide bonds. The Balaban J connectivity index is 3.91. The molecule has 0 aromatic rings. The second-order valence-electron chi connectivity index (χ2n) is 1.08. The van der Waals surface area contributed by atoms with Gasteiger partial charge in [-0.1, -0.05) is 0 Å². The van der Waals surface area contributed by atoms with Crippen LogP contribution in [0.5, 0.6) is 0 Å². The predicted molar refractivity (Wildman–Crippen MR) is 26.9 cm³/mol. The molecule has 0 aromatic carbocycles. The third-order valence-electron chi connectivity index (χ3n) is 0.564. The quantitative estimate of drug-likeness (QED) is 0.220. The molecule has 3 nitrogen and oxygen atoms in total. The van der Waals surface area contributed by atoms with Crippen LogP contribution in [-0.2, 0) is 0 Å². The van der Waals surface area contributed by atoms with E-state index in [4.69, 9.17) is 0 Å². The van der Waals surface area contributed by atoms with E-state index in [-0.39, 0.29) is 47.3 Å². The van der Waals surface area contributed by atoms with Gasteiger partial charge in [0.2, 0.25) is 0 Å². The van der Waals surface area contributed by atoms with E-state index in [1.807, 2.05) is 0 Å². The third-order valence-corrected chi connectivity index (χ3v) is 8.65. The topological polar surface area (TPSA) is 43.1 Å². The van der Waals surface area contributed by atoms with Crippen molar-refractivity contribution in [1.82, 2.24) is 0 Å². The summed E-state index contributed by atoms with van der Waals surface area (Å²) in [7, 11) is 0. The third kappa shape index (κ3) is 5.07. The number of hydrogen-bond donors (Lipinski definition) is 0. The van der Waals surface area contributed by atoms with Crippen molar-refractivity contribution < 1.29 is 47.3 Å². The van der Waals surface area contributed by atoms with E-state index in [9.17, 15) is 10.1 Å². The van der Waals surface area contributed by atoms with Crippen LogP contribution in [0.25, 0.3) is 0 Å². The summed E-state index contributed by atoms with van der Waals surface area (Å²) in [6, 6.07) is 0. The standard InChI is InChI=1S/C4H7I2NO2/c1-5-4(6-2)3-7(8)9/h3H,1-2H3/q-2. The van der Waals surface area contributed by atoms with Crippen LogP contribution in [0.1, 0.15) is 0 Å². The van der Waals surface area contributed by atoms with Gasteiger partial charge in [-0.05, 0) is 0 Å². The van der Waals surface area contributed by atoms with Gasteiger partial charge in [-0.25, -0.2) is 0 Å². The van der Waals surface area contributed by atoms with Crippen molar-refractivity contribution >= 4 is 0 Å². The first-order valence-electron chi connectivity index (χ1n) is 2.05. The van der Waals surface area contributed by atoms with Crippen molar-refractivity contribution in [3.63, 3.8) is 0 Å². The van der Waals surface area contributed by atoms with Gasteiger partial charge in [-0.2, -0.15) is 0 Å². The first-order chi connectivity index (χ1) is 4.20. The van der Waals surface area contributed by atoms with Gasteiger partial charge in [0, 0.05) is 0 Å². The minimum atomic E-state index is -0.345. The van der Waals surface area contributed by atoms with Gasteiger partial charge in [0.15, 0.2) is 0 Å². The van der Waals surface area contributed by atoms with Gasteiger partial charge < -0.3 is 0 Å². The van der Waals surface area contributed by atoms with Crippen LogP contribution in [-0.4, -0.2) is 14.8 Å². The Bertz CT molecular complexity index is 129. The zero-order chi connectivity index (χ0) is 7.28. The summed E-state index contributed by atoms with van der Waals surface area (Å²) in [6.07, 6.45) is 1.18. The Hall–Kier alpha value is 0.600. The number of alkyl halides is 2. The molecule has 0 bridgehead atoms. The molecule has 56 valence electrons. The molecular weight excluding hydrogens is 348 g/mol. The average molecular weight is 355 g/mol. The fourth-order valence-corrected chi connectivity index (χ4v) is 4.40. The van der Waals surface area contributed by atoms with Crippen molar-refractivity contribution in [3.8, 4) is 0 Å². The molecule has 0 saturated heterocycles. The molecule has 0 aromatic heterocycles. The molecule has 0 aliphatic carbocycles. The number of nitrogens with zero attached hydrogens (tertiary/aromatic N) is 1. The van der Waals surface area contributed by atoms with Gasteiger partial charge in [0.25, 0.3) is 0 Å². The van der Waals surface area contributed by atoms with Crippen molar-refractivity contribution in [2.75, 3.05) is 9.86 Å². The second kappa shape index (κ2) is 5.39. The van der Waals surface area contributed by atoms with E-state index in [1.165, 1.54) is 6.20 Å². The number of hydrogen-bond acceptors (Lipinski definition) is 2. The summed E-state index contributed by atoms with van der Waals surface area (Å²) < 4.78 is 1.11. The summed E-state index contributed by atoms with van der Waals surface area (Å²) in [5.74, 6) is 0. The Morgan fingerprint density at radius 2 is 2.00 bits per heavy atom. The van der Waals surface area contributed by atoms with Gasteiger partial charge in [-0.3, -0.25) is 0 Å². The van der Waals surface area contributed by atoms with Crippen LogP contribution < -0.4 is 42.4 Å². The van der Waals surface area contributed by atoms with Crippen LogP contribution >= 0.6 is 0 Å². The van der Waals surface area contributed by atoms with Gasteiger partial charge in [0.1, 0.15) is 0 Å². The van der Waals surface area contributed by atoms with Crippen LogP contribution in [0.15, 0.2) is 7.79 Å².